The number of benzene rings is 1. The van der Waals surface area contributed by atoms with E-state index in [2.05, 4.69) is 10.6 Å². The number of hydrogen-bond donors (Lipinski definition) is 3. The zero-order valence-electron chi connectivity index (χ0n) is 14.1. The largest absolute Gasteiger partial charge is 0.368 e. The number of halogens is 1. The minimum Gasteiger partial charge on any atom is -0.368 e. The molecular formula is C17H24FN3O3. The molecule has 132 valence electrons. The van der Waals surface area contributed by atoms with Crippen molar-refractivity contribution in [3.05, 3.63) is 35.6 Å². The molecule has 0 bridgehead atoms. The number of rotatable bonds is 8. The monoisotopic (exact) mass is 337 g/mol. The molecule has 0 aliphatic carbocycles. The topological polar surface area (TPSA) is 101 Å². The van der Waals surface area contributed by atoms with E-state index in [0.29, 0.717) is 12.0 Å². The molecule has 24 heavy (non-hydrogen) atoms. The van der Waals surface area contributed by atoms with Crippen LogP contribution in [0.4, 0.5) is 4.39 Å². The van der Waals surface area contributed by atoms with Crippen molar-refractivity contribution in [1.29, 1.82) is 0 Å². The fourth-order valence-corrected chi connectivity index (χ4v) is 2.34. The first-order valence-corrected chi connectivity index (χ1v) is 7.85. The predicted molar refractivity (Wildman–Crippen MR) is 88.3 cm³/mol. The Hall–Kier alpha value is -2.44. The standard InChI is InChI=1S/C17H24FN3O3/c1-4-10(2)15(16(19)23)21-17(24)14(20-11(3)22)9-12-6-5-7-13(18)8-12/h5-8,10,14-15H,4,9H2,1-3H3,(H2,19,23)(H,20,22)(H,21,24)/t10-,14+,15-/m0/s1. The van der Waals surface area contributed by atoms with E-state index in [0.717, 1.165) is 0 Å². The first kappa shape index (κ1) is 19.6. The van der Waals surface area contributed by atoms with Crippen molar-refractivity contribution in [2.75, 3.05) is 0 Å². The molecule has 3 atom stereocenters. The van der Waals surface area contributed by atoms with Crippen LogP contribution < -0.4 is 16.4 Å². The number of nitrogens with two attached hydrogens (primary N) is 1. The van der Waals surface area contributed by atoms with Gasteiger partial charge in [-0.2, -0.15) is 0 Å². The van der Waals surface area contributed by atoms with Crippen molar-refractivity contribution in [3.63, 3.8) is 0 Å². The maximum absolute atomic E-state index is 13.3. The van der Waals surface area contributed by atoms with Crippen LogP contribution in [0.2, 0.25) is 0 Å². The molecule has 1 rings (SSSR count). The molecule has 0 fully saturated rings. The molecule has 1 aromatic rings. The molecule has 6 nitrogen and oxygen atoms in total. The van der Waals surface area contributed by atoms with E-state index in [4.69, 9.17) is 5.73 Å². The average Bonchev–Trinajstić information content (AvgIpc) is 2.50. The summed E-state index contributed by atoms with van der Waals surface area (Å²) in [4.78, 5) is 35.4. The molecule has 0 spiro atoms. The molecule has 4 N–H and O–H groups in total. The lowest BCUT2D eigenvalue weighted by molar-refractivity contribution is -0.131. The first-order valence-electron chi connectivity index (χ1n) is 7.85. The second-order valence-electron chi connectivity index (χ2n) is 5.86. The van der Waals surface area contributed by atoms with E-state index in [1.807, 2.05) is 6.92 Å². The van der Waals surface area contributed by atoms with Gasteiger partial charge >= 0.3 is 0 Å². The van der Waals surface area contributed by atoms with Gasteiger partial charge < -0.3 is 16.4 Å². The highest BCUT2D eigenvalue weighted by molar-refractivity contribution is 5.91. The minimum atomic E-state index is -0.921. The van der Waals surface area contributed by atoms with Crippen LogP contribution >= 0.6 is 0 Å². The Morgan fingerprint density at radius 1 is 1.25 bits per heavy atom. The Kier molecular flexibility index (Phi) is 7.35. The zero-order chi connectivity index (χ0) is 18.3. The molecule has 0 aliphatic heterocycles. The Morgan fingerprint density at radius 2 is 1.92 bits per heavy atom. The Labute approximate surface area is 141 Å². The fraction of sp³-hybridized carbons (Fsp3) is 0.471. The normalized spacial score (nSPS) is 14.3. The molecule has 0 aliphatic rings. The van der Waals surface area contributed by atoms with Gasteiger partial charge in [0.15, 0.2) is 0 Å². The van der Waals surface area contributed by atoms with Gasteiger partial charge in [-0.15, -0.1) is 0 Å². The lowest BCUT2D eigenvalue weighted by atomic mass is 9.97. The second kappa shape index (κ2) is 9.00. The van der Waals surface area contributed by atoms with Gasteiger partial charge in [-0.25, -0.2) is 4.39 Å². The van der Waals surface area contributed by atoms with Crippen molar-refractivity contribution >= 4 is 17.7 Å². The summed E-state index contributed by atoms with van der Waals surface area (Å²) in [6, 6.07) is 4.02. The quantitative estimate of drug-likeness (QED) is 0.656. The first-order chi connectivity index (χ1) is 11.2. The van der Waals surface area contributed by atoms with Crippen molar-refractivity contribution in [2.24, 2.45) is 11.7 Å². The molecule has 0 radical (unpaired) electrons. The minimum absolute atomic E-state index is 0.106. The van der Waals surface area contributed by atoms with E-state index >= 15 is 0 Å². The summed E-state index contributed by atoms with van der Waals surface area (Å²) in [5, 5.41) is 5.11. The number of carbonyl (C=O) groups excluding carboxylic acids is 3. The summed E-state index contributed by atoms with van der Waals surface area (Å²) < 4.78 is 13.3. The highest BCUT2D eigenvalue weighted by Crippen LogP contribution is 2.10. The highest BCUT2D eigenvalue weighted by Gasteiger charge is 2.28. The molecule has 7 heteroatoms. The SMILES string of the molecule is CC[C@H](C)[C@H](NC(=O)[C@@H](Cc1cccc(F)c1)NC(C)=O)C(N)=O. The zero-order valence-corrected chi connectivity index (χ0v) is 14.1. The summed E-state index contributed by atoms with van der Waals surface area (Å²) in [7, 11) is 0. The van der Waals surface area contributed by atoms with E-state index in [-0.39, 0.29) is 12.3 Å². The van der Waals surface area contributed by atoms with Gasteiger partial charge in [0.05, 0.1) is 0 Å². The van der Waals surface area contributed by atoms with Crippen LogP contribution in [-0.2, 0) is 20.8 Å². The maximum atomic E-state index is 13.3. The van der Waals surface area contributed by atoms with E-state index in [1.165, 1.54) is 25.1 Å². The summed E-state index contributed by atoms with van der Waals surface area (Å²) in [6.45, 7) is 4.96. The van der Waals surface area contributed by atoms with Crippen LogP contribution in [0.25, 0.3) is 0 Å². The smallest absolute Gasteiger partial charge is 0.243 e. The Balaban J connectivity index is 2.91. The molecule has 0 heterocycles. The lowest BCUT2D eigenvalue weighted by Gasteiger charge is -2.25. The van der Waals surface area contributed by atoms with Gasteiger partial charge in [-0.1, -0.05) is 32.4 Å². The summed E-state index contributed by atoms with van der Waals surface area (Å²) in [6.07, 6.45) is 0.762. The van der Waals surface area contributed by atoms with Gasteiger partial charge in [-0.3, -0.25) is 14.4 Å². The molecule has 0 unspecified atom stereocenters. The Morgan fingerprint density at radius 3 is 2.42 bits per heavy atom. The van der Waals surface area contributed by atoms with Gasteiger partial charge in [-0.05, 0) is 23.6 Å². The summed E-state index contributed by atoms with van der Waals surface area (Å²) in [5.74, 6) is -2.13. The number of nitrogens with one attached hydrogen (secondary N) is 2. The third-order valence-electron chi connectivity index (χ3n) is 3.84. The second-order valence-corrected chi connectivity index (χ2v) is 5.86. The third kappa shape index (κ3) is 5.98. The molecule has 1 aromatic carbocycles. The van der Waals surface area contributed by atoms with Crippen LogP contribution in [0.15, 0.2) is 24.3 Å². The van der Waals surface area contributed by atoms with E-state index < -0.39 is 35.6 Å². The van der Waals surface area contributed by atoms with Crippen LogP contribution in [0.3, 0.4) is 0 Å². The van der Waals surface area contributed by atoms with E-state index in [9.17, 15) is 18.8 Å². The maximum Gasteiger partial charge on any atom is 0.243 e. The van der Waals surface area contributed by atoms with E-state index in [1.54, 1.807) is 13.0 Å². The van der Waals surface area contributed by atoms with Gasteiger partial charge in [0.25, 0.3) is 0 Å². The molecule has 0 aromatic heterocycles. The number of amides is 3. The van der Waals surface area contributed by atoms with Crippen molar-refractivity contribution < 1.29 is 18.8 Å². The fourth-order valence-electron chi connectivity index (χ4n) is 2.34. The molecule has 3 amide bonds. The van der Waals surface area contributed by atoms with Crippen LogP contribution in [0.1, 0.15) is 32.8 Å². The van der Waals surface area contributed by atoms with Gasteiger partial charge in [0, 0.05) is 13.3 Å². The number of carbonyl (C=O) groups is 3. The van der Waals surface area contributed by atoms with Crippen molar-refractivity contribution in [2.45, 2.75) is 45.7 Å². The number of hydrogen-bond acceptors (Lipinski definition) is 3. The van der Waals surface area contributed by atoms with Gasteiger partial charge in [0.1, 0.15) is 17.9 Å². The lowest BCUT2D eigenvalue weighted by Crippen LogP contribution is -2.55. The Bertz CT molecular complexity index is 606. The number of primary amides is 1. The summed E-state index contributed by atoms with van der Waals surface area (Å²) in [5.41, 5.74) is 5.90. The van der Waals surface area contributed by atoms with Crippen molar-refractivity contribution in [1.82, 2.24) is 10.6 Å². The highest BCUT2D eigenvalue weighted by atomic mass is 19.1. The third-order valence-corrected chi connectivity index (χ3v) is 3.84. The van der Waals surface area contributed by atoms with Crippen LogP contribution in [-0.4, -0.2) is 29.8 Å². The van der Waals surface area contributed by atoms with Crippen LogP contribution in [0, 0.1) is 11.7 Å². The predicted octanol–water partition coefficient (Wildman–Crippen LogP) is 0.889. The van der Waals surface area contributed by atoms with Gasteiger partial charge in [0.2, 0.25) is 17.7 Å². The average molecular weight is 337 g/mol. The summed E-state index contributed by atoms with van der Waals surface area (Å²) >= 11 is 0. The molecule has 0 saturated carbocycles. The molecular weight excluding hydrogens is 313 g/mol. The molecule has 0 saturated heterocycles. The van der Waals surface area contributed by atoms with Crippen molar-refractivity contribution in [3.8, 4) is 0 Å². The van der Waals surface area contributed by atoms with Crippen LogP contribution in [0.5, 0.6) is 0 Å².